The van der Waals surface area contributed by atoms with E-state index < -0.39 is 0 Å². The molecule has 2 aliphatic carbocycles. The highest BCUT2D eigenvalue weighted by Gasteiger charge is 2.67. The Morgan fingerprint density at radius 2 is 1.50 bits per heavy atom. The summed E-state index contributed by atoms with van der Waals surface area (Å²) in [4.78, 5) is 0. The maximum Gasteiger partial charge on any atom is -0.00357 e. The van der Waals surface area contributed by atoms with Crippen molar-refractivity contribution in [3.05, 3.63) is 0 Å². The van der Waals surface area contributed by atoms with Crippen LogP contribution in [0.3, 0.4) is 0 Å². The van der Waals surface area contributed by atoms with E-state index in [-0.39, 0.29) is 0 Å². The maximum absolute atomic E-state index is 4.63. The molecule has 0 aromatic rings. The van der Waals surface area contributed by atoms with Crippen molar-refractivity contribution in [2.75, 3.05) is 5.75 Å². The second-order valence-electron chi connectivity index (χ2n) is 6.80. The largest absolute Gasteiger partial charge is 0.179 e. The third-order valence-corrected chi connectivity index (χ3v) is 6.64. The Morgan fingerprint density at radius 1 is 1.00 bits per heavy atom. The summed E-state index contributed by atoms with van der Waals surface area (Å²) in [7, 11) is 0. The SMILES string of the molecule is CC1(C)C2CCC1C(C)(CS)C2(C)C. The molecule has 2 rings (SSSR count). The minimum Gasteiger partial charge on any atom is -0.179 e. The predicted octanol–water partition coefficient (Wildman–Crippen LogP) is 4.01. The van der Waals surface area contributed by atoms with Crippen LogP contribution in [0.4, 0.5) is 0 Å². The summed E-state index contributed by atoms with van der Waals surface area (Å²) < 4.78 is 0. The molecule has 0 heterocycles. The van der Waals surface area contributed by atoms with E-state index in [1.165, 1.54) is 12.8 Å². The normalized spacial score (nSPS) is 48.4. The van der Waals surface area contributed by atoms with Crippen LogP contribution in [0.25, 0.3) is 0 Å². The van der Waals surface area contributed by atoms with Gasteiger partial charge in [0, 0.05) is 0 Å². The fourth-order valence-corrected chi connectivity index (χ4v) is 5.54. The van der Waals surface area contributed by atoms with Gasteiger partial charge in [0.2, 0.25) is 0 Å². The average molecular weight is 212 g/mol. The van der Waals surface area contributed by atoms with Crippen LogP contribution in [0.1, 0.15) is 47.5 Å². The first-order valence-electron chi connectivity index (χ1n) is 5.89. The van der Waals surface area contributed by atoms with Crippen LogP contribution in [-0.2, 0) is 0 Å². The molecule has 2 bridgehead atoms. The number of fused-ring (bicyclic) bond motifs is 2. The second kappa shape index (κ2) is 2.72. The van der Waals surface area contributed by atoms with Crippen molar-refractivity contribution in [1.29, 1.82) is 0 Å². The zero-order valence-corrected chi connectivity index (χ0v) is 11.1. The van der Waals surface area contributed by atoms with E-state index in [9.17, 15) is 0 Å². The summed E-state index contributed by atoms with van der Waals surface area (Å²) in [6.07, 6.45) is 2.87. The topological polar surface area (TPSA) is 0 Å². The third kappa shape index (κ3) is 0.930. The van der Waals surface area contributed by atoms with Crippen molar-refractivity contribution in [2.45, 2.75) is 47.5 Å². The minimum atomic E-state index is 0.447. The Hall–Kier alpha value is 0.350. The molecule has 3 unspecified atom stereocenters. The van der Waals surface area contributed by atoms with Crippen molar-refractivity contribution in [2.24, 2.45) is 28.1 Å². The molecule has 0 N–H and O–H groups in total. The molecule has 82 valence electrons. The first kappa shape index (κ1) is 10.9. The number of hydrogen-bond acceptors (Lipinski definition) is 1. The van der Waals surface area contributed by atoms with E-state index >= 15 is 0 Å². The summed E-state index contributed by atoms with van der Waals surface area (Å²) in [5.41, 5.74) is 1.46. The standard InChI is InChI=1S/C13H24S/c1-11(2)9-6-7-10(11)13(5,8-14)12(9,3)4/h9-10,14H,6-8H2,1-5H3. The zero-order chi connectivity index (χ0) is 10.8. The highest BCUT2D eigenvalue weighted by Crippen LogP contribution is 2.73. The molecule has 14 heavy (non-hydrogen) atoms. The fourth-order valence-electron chi connectivity index (χ4n) is 4.91. The molecule has 1 heteroatoms. The lowest BCUT2D eigenvalue weighted by Crippen LogP contribution is -2.42. The molecule has 0 saturated heterocycles. The molecule has 3 atom stereocenters. The van der Waals surface area contributed by atoms with Crippen molar-refractivity contribution in [1.82, 2.24) is 0 Å². The molecule has 0 aliphatic heterocycles. The van der Waals surface area contributed by atoms with E-state index in [0.29, 0.717) is 16.2 Å². The molecule has 0 nitrogen and oxygen atoms in total. The van der Waals surface area contributed by atoms with Crippen molar-refractivity contribution >= 4 is 12.6 Å². The monoisotopic (exact) mass is 212 g/mol. The van der Waals surface area contributed by atoms with Gasteiger partial charge in [0.25, 0.3) is 0 Å². The fraction of sp³-hybridized carbons (Fsp3) is 1.00. The number of hydrogen-bond donors (Lipinski definition) is 1. The summed E-state index contributed by atoms with van der Waals surface area (Å²) in [5.74, 6) is 2.83. The van der Waals surface area contributed by atoms with Gasteiger partial charge >= 0.3 is 0 Å². The lowest BCUT2D eigenvalue weighted by molar-refractivity contribution is 0.0443. The Labute approximate surface area is 94.3 Å². The van der Waals surface area contributed by atoms with Crippen molar-refractivity contribution in [3.8, 4) is 0 Å². The van der Waals surface area contributed by atoms with Crippen LogP contribution in [-0.4, -0.2) is 5.75 Å². The highest BCUT2D eigenvalue weighted by molar-refractivity contribution is 7.80. The first-order chi connectivity index (χ1) is 6.28. The van der Waals surface area contributed by atoms with Gasteiger partial charge in [0.1, 0.15) is 0 Å². The molecule has 0 spiro atoms. The Kier molecular flexibility index (Phi) is 2.11. The average Bonchev–Trinajstić information content (AvgIpc) is 2.43. The van der Waals surface area contributed by atoms with Gasteiger partial charge in [-0.25, -0.2) is 0 Å². The second-order valence-corrected chi connectivity index (χ2v) is 7.12. The van der Waals surface area contributed by atoms with Crippen LogP contribution < -0.4 is 0 Å². The molecule has 0 radical (unpaired) electrons. The van der Waals surface area contributed by atoms with E-state index in [4.69, 9.17) is 0 Å². The molecule has 0 aromatic heterocycles. The van der Waals surface area contributed by atoms with Crippen LogP contribution in [0.15, 0.2) is 0 Å². The van der Waals surface area contributed by atoms with Gasteiger partial charge in [0.15, 0.2) is 0 Å². The van der Waals surface area contributed by atoms with Crippen molar-refractivity contribution < 1.29 is 0 Å². The van der Waals surface area contributed by atoms with Gasteiger partial charge in [-0.05, 0) is 46.7 Å². The van der Waals surface area contributed by atoms with Gasteiger partial charge in [-0.2, -0.15) is 12.6 Å². The zero-order valence-electron chi connectivity index (χ0n) is 10.2. The molecular formula is C13H24S. The molecule has 2 aliphatic rings. The molecule has 2 saturated carbocycles. The minimum absolute atomic E-state index is 0.447. The molecular weight excluding hydrogens is 188 g/mol. The van der Waals surface area contributed by atoms with E-state index in [0.717, 1.165) is 17.6 Å². The number of rotatable bonds is 1. The summed E-state index contributed by atoms with van der Waals surface area (Å²) in [6, 6.07) is 0. The van der Waals surface area contributed by atoms with Crippen LogP contribution in [0.5, 0.6) is 0 Å². The Balaban J connectivity index is 2.49. The van der Waals surface area contributed by atoms with Gasteiger partial charge < -0.3 is 0 Å². The summed E-state index contributed by atoms with van der Waals surface area (Å²) in [6.45, 7) is 12.4. The lowest BCUT2D eigenvalue weighted by Gasteiger charge is -2.47. The van der Waals surface area contributed by atoms with Crippen LogP contribution in [0, 0.1) is 28.1 Å². The highest BCUT2D eigenvalue weighted by atomic mass is 32.1. The van der Waals surface area contributed by atoms with Gasteiger partial charge in [-0.15, -0.1) is 0 Å². The third-order valence-electron chi connectivity index (χ3n) is 5.98. The first-order valence-corrected chi connectivity index (χ1v) is 6.52. The van der Waals surface area contributed by atoms with Gasteiger partial charge in [-0.1, -0.05) is 34.6 Å². The predicted molar refractivity (Wildman–Crippen MR) is 65.7 cm³/mol. The van der Waals surface area contributed by atoms with E-state index in [2.05, 4.69) is 47.2 Å². The van der Waals surface area contributed by atoms with Crippen molar-refractivity contribution in [3.63, 3.8) is 0 Å². The van der Waals surface area contributed by atoms with Crippen LogP contribution in [0.2, 0.25) is 0 Å². The Bertz CT molecular complexity index is 254. The van der Waals surface area contributed by atoms with E-state index in [1.54, 1.807) is 0 Å². The molecule has 0 aromatic carbocycles. The number of thiol groups is 1. The Morgan fingerprint density at radius 3 is 1.79 bits per heavy atom. The smallest absolute Gasteiger partial charge is 0.00357 e. The molecule has 0 amide bonds. The lowest BCUT2D eigenvalue weighted by atomic mass is 9.60. The summed E-state index contributed by atoms with van der Waals surface area (Å²) in [5, 5.41) is 0. The van der Waals surface area contributed by atoms with Crippen LogP contribution >= 0.6 is 12.6 Å². The quantitative estimate of drug-likeness (QED) is 0.624. The van der Waals surface area contributed by atoms with Gasteiger partial charge in [0.05, 0.1) is 0 Å². The molecule has 2 fully saturated rings. The van der Waals surface area contributed by atoms with Gasteiger partial charge in [-0.3, -0.25) is 0 Å². The van der Waals surface area contributed by atoms with E-state index in [1.807, 2.05) is 0 Å². The maximum atomic E-state index is 4.63. The summed E-state index contributed by atoms with van der Waals surface area (Å²) >= 11 is 4.63.